The Kier molecular flexibility index (Phi) is 3.43. The molecule has 1 aliphatic rings. The van der Waals surface area contributed by atoms with Gasteiger partial charge in [-0.1, -0.05) is 6.92 Å². The number of aromatic nitrogens is 1. The number of hydrogen-bond donors (Lipinski definition) is 1. The Morgan fingerprint density at radius 1 is 1.47 bits per heavy atom. The summed E-state index contributed by atoms with van der Waals surface area (Å²) < 4.78 is 0. The number of rotatable bonds is 1. The van der Waals surface area contributed by atoms with E-state index in [1.54, 1.807) is 12.4 Å². The zero-order valence-corrected chi connectivity index (χ0v) is 10.4. The Balaban J connectivity index is 2.14. The number of aryl methyl sites for hydroxylation is 1. The van der Waals surface area contributed by atoms with E-state index in [0.717, 1.165) is 18.5 Å². The number of hydrogen-bond acceptors (Lipinski definition) is 3. The third-order valence-electron chi connectivity index (χ3n) is 3.10. The Hall–Kier alpha value is -1.42. The van der Waals surface area contributed by atoms with Crippen LogP contribution in [0.1, 0.15) is 29.3 Å². The number of amides is 1. The molecule has 17 heavy (non-hydrogen) atoms. The molecule has 4 heteroatoms. The quantitative estimate of drug-likeness (QED) is 0.793. The van der Waals surface area contributed by atoms with Crippen molar-refractivity contribution in [3.8, 4) is 0 Å². The number of piperidine rings is 1. The SMILES string of the molecule is Cc1cncc(C(=O)N2CC(C)CC(N)C2)c1. The molecule has 1 aromatic rings. The minimum absolute atomic E-state index is 0.0446. The molecule has 4 nitrogen and oxygen atoms in total. The lowest BCUT2D eigenvalue weighted by Crippen LogP contribution is -2.48. The smallest absolute Gasteiger partial charge is 0.255 e. The van der Waals surface area contributed by atoms with Crippen LogP contribution in [0, 0.1) is 12.8 Å². The molecule has 2 rings (SSSR count). The minimum Gasteiger partial charge on any atom is -0.337 e. The summed E-state index contributed by atoms with van der Waals surface area (Å²) in [6.45, 7) is 5.51. The standard InChI is InChI=1S/C13H19N3O/c1-9-3-11(6-15-5-9)13(17)16-7-10(2)4-12(14)8-16/h3,5-6,10,12H,4,7-8,14H2,1-2H3. The van der Waals surface area contributed by atoms with Gasteiger partial charge in [0.1, 0.15) is 0 Å². The lowest BCUT2D eigenvalue weighted by atomic mass is 9.96. The minimum atomic E-state index is 0.0446. The van der Waals surface area contributed by atoms with E-state index >= 15 is 0 Å². The largest absolute Gasteiger partial charge is 0.337 e. The van der Waals surface area contributed by atoms with E-state index in [1.165, 1.54) is 0 Å². The fourth-order valence-corrected chi connectivity index (χ4v) is 2.42. The number of carbonyl (C=O) groups is 1. The summed E-state index contributed by atoms with van der Waals surface area (Å²) >= 11 is 0. The van der Waals surface area contributed by atoms with Crippen LogP contribution in [0.5, 0.6) is 0 Å². The molecule has 1 amide bonds. The van der Waals surface area contributed by atoms with Crippen molar-refractivity contribution >= 4 is 5.91 Å². The Bertz CT molecular complexity index is 409. The van der Waals surface area contributed by atoms with E-state index in [4.69, 9.17) is 5.73 Å². The first-order valence-corrected chi connectivity index (χ1v) is 6.02. The van der Waals surface area contributed by atoms with E-state index < -0.39 is 0 Å². The maximum Gasteiger partial charge on any atom is 0.255 e. The predicted octanol–water partition coefficient (Wildman–Crippen LogP) is 1.20. The van der Waals surface area contributed by atoms with Crippen LogP contribution in [0.15, 0.2) is 18.5 Å². The fraction of sp³-hybridized carbons (Fsp3) is 0.538. The average molecular weight is 233 g/mol. The van der Waals surface area contributed by atoms with Crippen molar-refractivity contribution in [2.24, 2.45) is 11.7 Å². The van der Waals surface area contributed by atoms with Crippen molar-refractivity contribution in [1.29, 1.82) is 0 Å². The first kappa shape index (κ1) is 12.0. The highest BCUT2D eigenvalue weighted by molar-refractivity contribution is 5.94. The van der Waals surface area contributed by atoms with E-state index in [9.17, 15) is 4.79 Å². The Morgan fingerprint density at radius 2 is 2.24 bits per heavy atom. The van der Waals surface area contributed by atoms with Gasteiger partial charge in [-0.2, -0.15) is 0 Å². The summed E-state index contributed by atoms with van der Waals surface area (Å²) in [5.74, 6) is 0.517. The van der Waals surface area contributed by atoms with Crippen LogP contribution < -0.4 is 5.73 Å². The number of nitrogens with two attached hydrogens (primary N) is 1. The van der Waals surface area contributed by atoms with Gasteiger partial charge in [-0.05, 0) is 30.9 Å². The van der Waals surface area contributed by atoms with Crippen LogP contribution >= 0.6 is 0 Å². The molecule has 2 heterocycles. The van der Waals surface area contributed by atoms with Crippen LogP contribution in [-0.2, 0) is 0 Å². The van der Waals surface area contributed by atoms with Crippen LogP contribution in [0.25, 0.3) is 0 Å². The van der Waals surface area contributed by atoms with Crippen molar-refractivity contribution in [3.63, 3.8) is 0 Å². The number of nitrogens with zero attached hydrogens (tertiary/aromatic N) is 2. The Labute approximate surface area is 102 Å². The number of carbonyl (C=O) groups excluding carboxylic acids is 1. The van der Waals surface area contributed by atoms with Gasteiger partial charge in [-0.25, -0.2) is 0 Å². The van der Waals surface area contributed by atoms with Gasteiger partial charge in [-0.15, -0.1) is 0 Å². The first-order chi connectivity index (χ1) is 8.06. The molecule has 0 saturated carbocycles. The van der Waals surface area contributed by atoms with Crippen molar-refractivity contribution < 1.29 is 4.79 Å². The highest BCUT2D eigenvalue weighted by Gasteiger charge is 2.26. The molecule has 92 valence electrons. The van der Waals surface area contributed by atoms with Crippen LogP contribution in [-0.4, -0.2) is 34.9 Å². The van der Waals surface area contributed by atoms with Gasteiger partial charge in [-0.3, -0.25) is 9.78 Å². The number of likely N-dealkylation sites (tertiary alicyclic amines) is 1. The van der Waals surface area contributed by atoms with E-state index in [1.807, 2.05) is 17.9 Å². The van der Waals surface area contributed by atoms with E-state index in [2.05, 4.69) is 11.9 Å². The monoisotopic (exact) mass is 233 g/mol. The molecule has 0 bridgehead atoms. The summed E-state index contributed by atoms with van der Waals surface area (Å²) in [7, 11) is 0. The molecule has 0 aromatic carbocycles. The molecule has 2 N–H and O–H groups in total. The van der Waals surface area contributed by atoms with Gasteiger partial charge in [0.25, 0.3) is 5.91 Å². The lowest BCUT2D eigenvalue weighted by Gasteiger charge is -2.34. The molecule has 0 aliphatic carbocycles. The first-order valence-electron chi connectivity index (χ1n) is 6.02. The van der Waals surface area contributed by atoms with Crippen molar-refractivity contribution in [1.82, 2.24) is 9.88 Å². The summed E-state index contributed by atoms with van der Waals surface area (Å²) in [6.07, 6.45) is 4.37. The van der Waals surface area contributed by atoms with Crippen LogP contribution in [0.2, 0.25) is 0 Å². The lowest BCUT2D eigenvalue weighted by molar-refractivity contribution is 0.0660. The van der Waals surface area contributed by atoms with Crippen molar-refractivity contribution in [2.75, 3.05) is 13.1 Å². The molecule has 0 spiro atoms. The molecular weight excluding hydrogens is 214 g/mol. The summed E-state index contributed by atoms with van der Waals surface area (Å²) in [5.41, 5.74) is 7.62. The van der Waals surface area contributed by atoms with Gasteiger partial charge < -0.3 is 10.6 Å². The zero-order valence-electron chi connectivity index (χ0n) is 10.4. The summed E-state index contributed by atoms with van der Waals surface area (Å²) in [5, 5.41) is 0. The molecule has 1 saturated heterocycles. The van der Waals surface area contributed by atoms with Gasteiger partial charge in [0, 0.05) is 31.5 Å². The van der Waals surface area contributed by atoms with Gasteiger partial charge in [0.15, 0.2) is 0 Å². The van der Waals surface area contributed by atoms with Crippen molar-refractivity contribution in [3.05, 3.63) is 29.6 Å². The Morgan fingerprint density at radius 3 is 2.88 bits per heavy atom. The molecule has 2 atom stereocenters. The molecule has 1 aliphatic heterocycles. The van der Waals surface area contributed by atoms with Crippen molar-refractivity contribution in [2.45, 2.75) is 26.3 Å². The van der Waals surface area contributed by atoms with E-state index in [-0.39, 0.29) is 11.9 Å². The normalized spacial score (nSPS) is 24.8. The maximum atomic E-state index is 12.3. The summed E-state index contributed by atoms with van der Waals surface area (Å²) in [6, 6.07) is 1.97. The maximum absolute atomic E-state index is 12.3. The second kappa shape index (κ2) is 4.84. The second-order valence-corrected chi connectivity index (χ2v) is 5.06. The van der Waals surface area contributed by atoms with Crippen LogP contribution in [0.3, 0.4) is 0 Å². The van der Waals surface area contributed by atoms with Crippen LogP contribution in [0.4, 0.5) is 0 Å². The zero-order chi connectivity index (χ0) is 12.4. The van der Waals surface area contributed by atoms with Gasteiger partial charge in [0.2, 0.25) is 0 Å². The van der Waals surface area contributed by atoms with Gasteiger partial charge in [0.05, 0.1) is 5.56 Å². The highest BCUT2D eigenvalue weighted by atomic mass is 16.2. The second-order valence-electron chi connectivity index (χ2n) is 5.06. The molecular formula is C13H19N3O. The molecule has 1 fully saturated rings. The predicted molar refractivity (Wildman–Crippen MR) is 66.6 cm³/mol. The molecule has 1 aromatic heterocycles. The average Bonchev–Trinajstić information content (AvgIpc) is 2.26. The van der Waals surface area contributed by atoms with E-state index in [0.29, 0.717) is 18.0 Å². The number of pyridine rings is 1. The summed E-state index contributed by atoms with van der Waals surface area (Å²) in [4.78, 5) is 18.2. The van der Waals surface area contributed by atoms with Gasteiger partial charge >= 0.3 is 0 Å². The third kappa shape index (κ3) is 2.82. The topological polar surface area (TPSA) is 59.2 Å². The molecule has 0 radical (unpaired) electrons. The highest BCUT2D eigenvalue weighted by Crippen LogP contribution is 2.17. The molecule has 2 unspecified atom stereocenters. The third-order valence-corrected chi connectivity index (χ3v) is 3.10. The fourth-order valence-electron chi connectivity index (χ4n) is 2.42.